The van der Waals surface area contributed by atoms with Gasteiger partial charge in [0.15, 0.2) is 5.16 Å². The van der Waals surface area contributed by atoms with E-state index in [1.54, 1.807) is 0 Å². The minimum absolute atomic E-state index is 0.00923. The van der Waals surface area contributed by atoms with E-state index >= 15 is 0 Å². The number of aryl methyl sites for hydroxylation is 1. The summed E-state index contributed by atoms with van der Waals surface area (Å²) >= 11 is 1.42. The lowest BCUT2D eigenvalue weighted by Gasteiger charge is -2.20. The van der Waals surface area contributed by atoms with E-state index in [-0.39, 0.29) is 16.7 Å². The largest absolute Gasteiger partial charge is 0.481 e. The number of thioether (sulfide) groups is 1. The molecule has 116 valence electrons. The second-order valence-corrected chi connectivity index (χ2v) is 6.76. The van der Waals surface area contributed by atoms with Crippen LogP contribution < -0.4 is 5.56 Å². The topological polar surface area (TPSA) is 83.0 Å². The average molecular weight is 310 g/mol. The van der Waals surface area contributed by atoms with Crippen molar-refractivity contribution in [3.8, 4) is 0 Å². The van der Waals surface area contributed by atoms with Gasteiger partial charge in [-0.3, -0.25) is 9.59 Å². The molecule has 1 saturated carbocycles. The molecule has 0 aliphatic heterocycles. The van der Waals surface area contributed by atoms with Gasteiger partial charge in [-0.05, 0) is 19.3 Å². The molecule has 0 amide bonds. The fourth-order valence-corrected chi connectivity index (χ4v) is 4.08. The van der Waals surface area contributed by atoms with E-state index in [1.165, 1.54) is 17.8 Å². The smallest absolute Gasteiger partial charge is 0.307 e. The molecule has 0 radical (unpaired) electrons. The zero-order valence-corrected chi connectivity index (χ0v) is 13.1. The van der Waals surface area contributed by atoms with Crippen LogP contribution in [0.25, 0.3) is 0 Å². The number of hydrogen-bond donors (Lipinski definition) is 2. The molecule has 2 unspecified atom stereocenters. The van der Waals surface area contributed by atoms with Crippen molar-refractivity contribution in [1.82, 2.24) is 9.97 Å². The summed E-state index contributed by atoms with van der Waals surface area (Å²) in [7, 11) is 0. The number of carboxylic acid groups (broad SMARTS) is 1. The summed E-state index contributed by atoms with van der Waals surface area (Å²) < 4.78 is 0. The molecule has 0 saturated heterocycles. The van der Waals surface area contributed by atoms with Crippen molar-refractivity contribution in [2.75, 3.05) is 0 Å². The highest BCUT2D eigenvalue weighted by Gasteiger charge is 2.30. The third-order valence-electron chi connectivity index (χ3n) is 3.81. The summed E-state index contributed by atoms with van der Waals surface area (Å²) in [5, 5.41) is 9.95. The molecule has 5 nitrogen and oxygen atoms in total. The van der Waals surface area contributed by atoms with Crippen molar-refractivity contribution in [2.45, 2.75) is 62.3 Å². The molecule has 2 N–H and O–H groups in total. The lowest BCUT2D eigenvalue weighted by molar-refractivity contribution is -0.141. The Bertz CT molecular complexity index is 544. The maximum atomic E-state index is 11.7. The number of rotatable bonds is 5. The fraction of sp³-hybridized carbons (Fsp3) is 0.667. The highest BCUT2D eigenvalue weighted by molar-refractivity contribution is 7.99. The Kier molecular flexibility index (Phi) is 5.85. The first-order valence-electron chi connectivity index (χ1n) is 7.60. The Balaban J connectivity index is 2.17. The minimum atomic E-state index is -0.735. The minimum Gasteiger partial charge on any atom is -0.481 e. The SMILES string of the molecule is CCCc1cc(=O)[nH]c(SC2CCCCCC2C(=O)O)n1. The van der Waals surface area contributed by atoms with Crippen molar-refractivity contribution in [3.63, 3.8) is 0 Å². The van der Waals surface area contributed by atoms with Crippen LogP contribution in [-0.4, -0.2) is 26.3 Å². The van der Waals surface area contributed by atoms with Crippen LogP contribution in [-0.2, 0) is 11.2 Å². The van der Waals surface area contributed by atoms with Crippen molar-refractivity contribution in [1.29, 1.82) is 0 Å². The summed E-state index contributed by atoms with van der Waals surface area (Å²) in [6.07, 6.45) is 6.37. The van der Waals surface area contributed by atoms with Crippen LogP contribution in [0.1, 0.15) is 51.1 Å². The third-order valence-corrected chi connectivity index (χ3v) is 5.10. The summed E-state index contributed by atoms with van der Waals surface area (Å²) in [5.41, 5.74) is 0.626. The highest BCUT2D eigenvalue weighted by atomic mass is 32.2. The lowest BCUT2D eigenvalue weighted by atomic mass is 10.0. The van der Waals surface area contributed by atoms with Gasteiger partial charge in [-0.2, -0.15) is 0 Å². The summed E-state index contributed by atoms with van der Waals surface area (Å²) in [5.74, 6) is -1.08. The van der Waals surface area contributed by atoms with Gasteiger partial charge >= 0.3 is 5.97 Å². The van der Waals surface area contributed by atoms with Crippen LogP contribution in [0.5, 0.6) is 0 Å². The highest BCUT2D eigenvalue weighted by Crippen LogP contribution is 2.35. The number of H-pyrrole nitrogens is 1. The van der Waals surface area contributed by atoms with Crippen LogP contribution >= 0.6 is 11.8 Å². The molecule has 0 spiro atoms. The first-order chi connectivity index (χ1) is 10.1. The number of nitrogens with one attached hydrogen (secondary N) is 1. The zero-order chi connectivity index (χ0) is 15.2. The van der Waals surface area contributed by atoms with E-state index in [1.807, 2.05) is 6.92 Å². The van der Waals surface area contributed by atoms with Gasteiger partial charge in [0.1, 0.15) is 0 Å². The summed E-state index contributed by atoms with van der Waals surface area (Å²) in [6, 6.07) is 1.52. The number of aliphatic carboxylic acids is 1. The van der Waals surface area contributed by atoms with E-state index in [2.05, 4.69) is 9.97 Å². The first-order valence-corrected chi connectivity index (χ1v) is 8.48. The molecule has 2 atom stereocenters. The van der Waals surface area contributed by atoms with Gasteiger partial charge in [0.2, 0.25) is 0 Å². The van der Waals surface area contributed by atoms with Crippen LogP contribution in [0.4, 0.5) is 0 Å². The molecular weight excluding hydrogens is 288 g/mol. The number of carbonyl (C=O) groups is 1. The van der Waals surface area contributed by atoms with Crippen molar-refractivity contribution in [2.24, 2.45) is 5.92 Å². The van der Waals surface area contributed by atoms with Crippen LogP contribution in [0.2, 0.25) is 0 Å². The number of aromatic amines is 1. The van der Waals surface area contributed by atoms with Gasteiger partial charge in [-0.15, -0.1) is 0 Å². The standard InChI is InChI=1S/C15H22N2O3S/c1-2-6-10-9-13(18)17-15(16-10)21-12-8-5-3-4-7-11(12)14(19)20/h9,11-12H,2-8H2,1H3,(H,19,20)(H,16,17,18). The monoisotopic (exact) mass is 310 g/mol. The van der Waals surface area contributed by atoms with E-state index in [0.717, 1.165) is 44.2 Å². The lowest BCUT2D eigenvalue weighted by Crippen LogP contribution is -2.25. The summed E-state index contributed by atoms with van der Waals surface area (Å²) in [6.45, 7) is 2.04. The second kappa shape index (κ2) is 7.64. The van der Waals surface area contributed by atoms with Crippen molar-refractivity contribution in [3.05, 3.63) is 22.1 Å². The second-order valence-electron chi connectivity index (χ2n) is 5.53. The van der Waals surface area contributed by atoms with Gasteiger partial charge in [0.05, 0.1) is 5.92 Å². The molecule has 1 aromatic heterocycles. The molecule has 1 heterocycles. The maximum absolute atomic E-state index is 11.7. The van der Waals surface area contributed by atoms with Crippen molar-refractivity contribution >= 4 is 17.7 Å². The van der Waals surface area contributed by atoms with Gasteiger partial charge in [-0.25, -0.2) is 4.98 Å². The molecule has 21 heavy (non-hydrogen) atoms. The van der Waals surface area contributed by atoms with Gasteiger partial charge < -0.3 is 10.1 Å². The quantitative estimate of drug-likeness (QED) is 0.645. The van der Waals surface area contributed by atoms with E-state index in [4.69, 9.17) is 0 Å². The van der Waals surface area contributed by atoms with Gasteiger partial charge in [0.25, 0.3) is 5.56 Å². The predicted molar refractivity (Wildman–Crippen MR) is 82.7 cm³/mol. The van der Waals surface area contributed by atoms with Crippen LogP contribution in [0.15, 0.2) is 16.0 Å². The number of nitrogens with zero attached hydrogens (tertiary/aromatic N) is 1. The molecule has 1 aliphatic rings. The first kappa shape index (κ1) is 16.1. The van der Waals surface area contributed by atoms with Crippen LogP contribution in [0, 0.1) is 5.92 Å². The molecule has 0 aromatic carbocycles. The third kappa shape index (κ3) is 4.59. The van der Waals surface area contributed by atoms with Gasteiger partial charge in [-0.1, -0.05) is 44.4 Å². The zero-order valence-electron chi connectivity index (χ0n) is 12.3. The normalized spacial score (nSPS) is 22.7. The molecule has 1 aliphatic carbocycles. The Morgan fingerprint density at radius 1 is 1.43 bits per heavy atom. The summed E-state index contributed by atoms with van der Waals surface area (Å²) in [4.78, 5) is 30.3. The molecular formula is C15H22N2O3S. The average Bonchev–Trinajstić information content (AvgIpc) is 2.64. The Morgan fingerprint density at radius 2 is 2.19 bits per heavy atom. The molecule has 6 heteroatoms. The van der Waals surface area contributed by atoms with E-state index in [0.29, 0.717) is 11.6 Å². The van der Waals surface area contributed by atoms with Crippen molar-refractivity contribution < 1.29 is 9.90 Å². The molecule has 2 rings (SSSR count). The molecule has 1 aromatic rings. The van der Waals surface area contributed by atoms with Gasteiger partial charge in [0, 0.05) is 17.0 Å². The van der Waals surface area contributed by atoms with Crippen LogP contribution in [0.3, 0.4) is 0 Å². The molecule has 1 fully saturated rings. The Hall–Kier alpha value is -1.30. The number of hydrogen-bond acceptors (Lipinski definition) is 4. The fourth-order valence-electron chi connectivity index (χ4n) is 2.76. The Morgan fingerprint density at radius 3 is 2.90 bits per heavy atom. The van der Waals surface area contributed by atoms with E-state index < -0.39 is 5.97 Å². The predicted octanol–water partition coefficient (Wildman–Crippen LogP) is 2.85. The number of carboxylic acids is 1. The van der Waals surface area contributed by atoms with E-state index in [9.17, 15) is 14.7 Å². The Labute approximate surface area is 128 Å². The number of aromatic nitrogens is 2. The maximum Gasteiger partial charge on any atom is 0.307 e. The molecule has 0 bridgehead atoms.